The van der Waals surface area contributed by atoms with Crippen molar-refractivity contribution in [2.45, 2.75) is 37.9 Å². The van der Waals surface area contributed by atoms with Crippen molar-refractivity contribution in [1.82, 2.24) is 14.9 Å². The van der Waals surface area contributed by atoms with Gasteiger partial charge in [-0.15, -0.1) is 0 Å². The molecular formula is C9H15N3O3S. The molecule has 2 rings (SSSR count). The molecule has 1 aromatic heterocycles. The van der Waals surface area contributed by atoms with Crippen molar-refractivity contribution in [3.8, 4) is 0 Å². The molecule has 0 saturated heterocycles. The Morgan fingerprint density at radius 1 is 1.62 bits per heavy atom. The number of sulfonamides is 1. The van der Waals surface area contributed by atoms with Crippen molar-refractivity contribution >= 4 is 10.0 Å². The van der Waals surface area contributed by atoms with E-state index in [0.29, 0.717) is 17.2 Å². The van der Waals surface area contributed by atoms with E-state index in [2.05, 4.69) is 14.9 Å². The van der Waals surface area contributed by atoms with Crippen LogP contribution in [0.3, 0.4) is 0 Å². The van der Waals surface area contributed by atoms with Crippen molar-refractivity contribution < 1.29 is 13.5 Å². The largest absolute Gasteiger partial charge is 0.392 e. The highest BCUT2D eigenvalue weighted by Crippen LogP contribution is 2.31. The third kappa shape index (κ3) is 1.98. The van der Waals surface area contributed by atoms with Gasteiger partial charge in [0.15, 0.2) is 5.03 Å². The Balaban J connectivity index is 2.28. The fraction of sp³-hybridized carbons (Fsp3) is 0.667. The summed E-state index contributed by atoms with van der Waals surface area (Å²) in [6, 6.07) is 0.00792. The van der Waals surface area contributed by atoms with Crippen LogP contribution < -0.4 is 4.72 Å². The van der Waals surface area contributed by atoms with Gasteiger partial charge >= 0.3 is 0 Å². The normalized spacial score (nSPS) is 24.7. The third-order valence-corrected chi connectivity index (χ3v) is 4.32. The molecule has 1 aliphatic carbocycles. The number of aromatic amines is 1. The molecule has 1 heterocycles. The van der Waals surface area contributed by atoms with Gasteiger partial charge in [-0.25, -0.2) is 13.1 Å². The van der Waals surface area contributed by atoms with E-state index in [1.807, 2.05) is 6.92 Å². The van der Waals surface area contributed by atoms with Gasteiger partial charge in [-0.05, 0) is 19.3 Å². The molecule has 2 atom stereocenters. The summed E-state index contributed by atoms with van der Waals surface area (Å²) in [5.74, 6) is 0.382. The first kappa shape index (κ1) is 11.6. The monoisotopic (exact) mass is 245 g/mol. The minimum Gasteiger partial charge on any atom is -0.392 e. The minimum absolute atomic E-state index is 0.00792. The van der Waals surface area contributed by atoms with Gasteiger partial charge in [-0.1, -0.05) is 6.92 Å². The SMILES string of the molecule is Cc1[nH]nc(S(=O)(=O)NC2CC2C)c1CO. The van der Waals surface area contributed by atoms with Crippen LogP contribution >= 0.6 is 0 Å². The molecule has 1 aliphatic rings. The van der Waals surface area contributed by atoms with E-state index in [0.717, 1.165) is 6.42 Å². The van der Waals surface area contributed by atoms with Gasteiger partial charge in [0.2, 0.25) is 0 Å². The molecule has 0 radical (unpaired) electrons. The fourth-order valence-electron chi connectivity index (χ4n) is 1.58. The summed E-state index contributed by atoms with van der Waals surface area (Å²) >= 11 is 0. The predicted octanol–water partition coefficient (Wildman–Crippen LogP) is -0.103. The predicted molar refractivity (Wildman–Crippen MR) is 57.1 cm³/mol. The van der Waals surface area contributed by atoms with Crippen LogP contribution in [0.4, 0.5) is 0 Å². The molecule has 1 saturated carbocycles. The molecule has 16 heavy (non-hydrogen) atoms. The summed E-state index contributed by atoms with van der Waals surface area (Å²) < 4.78 is 26.4. The zero-order valence-electron chi connectivity index (χ0n) is 9.19. The second-order valence-electron chi connectivity index (χ2n) is 4.23. The van der Waals surface area contributed by atoms with Crippen LogP contribution in [0.25, 0.3) is 0 Å². The quantitative estimate of drug-likeness (QED) is 0.690. The van der Waals surface area contributed by atoms with Crippen LogP contribution in [-0.4, -0.2) is 29.8 Å². The summed E-state index contributed by atoms with van der Waals surface area (Å²) in [4.78, 5) is 0. The summed E-state index contributed by atoms with van der Waals surface area (Å²) in [5.41, 5.74) is 0.910. The van der Waals surface area contributed by atoms with Gasteiger partial charge in [0.1, 0.15) is 0 Å². The molecule has 90 valence electrons. The summed E-state index contributed by atoms with van der Waals surface area (Å²) in [6.45, 7) is 3.33. The van der Waals surface area contributed by atoms with Gasteiger partial charge in [-0.2, -0.15) is 5.10 Å². The Morgan fingerprint density at radius 3 is 2.75 bits per heavy atom. The Kier molecular flexibility index (Phi) is 2.77. The minimum atomic E-state index is -3.60. The lowest BCUT2D eigenvalue weighted by molar-refractivity contribution is 0.277. The van der Waals surface area contributed by atoms with Crippen LogP contribution in [0.5, 0.6) is 0 Å². The lowest BCUT2D eigenvalue weighted by Gasteiger charge is -2.04. The average molecular weight is 245 g/mol. The lowest BCUT2D eigenvalue weighted by atomic mass is 10.3. The van der Waals surface area contributed by atoms with E-state index in [1.54, 1.807) is 6.92 Å². The molecule has 2 unspecified atom stereocenters. The smallest absolute Gasteiger partial charge is 0.260 e. The highest BCUT2D eigenvalue weighted by molar-refractivity contribution is 7.89. The number of aliphatic hydroxyl groups excluding tert-OH is 1. The molecule has 0 bridgehead atoms. The van der Waals surface area contributed by atoms with Crippen molar-refractivity contribution in [2.75, 3.05) is 0 Å². The molecule has 0 aliphatic heterocycles. The first-order valence-electron chi connectivity index (χ1n) is 5.12. The Morgan fingerprint density at radius 2 is 2.25 bits per heavy atom. The van der Waals surface area contributed by atoms with Gasteiger partial charge < -0.3 is 5.11 Å². The summed E-state index contributed by atoms with van der Waals surface area (Å²) in [7, 11) is -3.60. The van der Waals surface area contributed by atoms with E-state index < -0.39 is 10.0 Å². The van der Waals surface area contributed by atoms with Crippen molar-refractivity contribution in [3.05, 3.63) is 11.3 Å². The van der Waals surface area contributed by atoms with Crippen molar-refractivity contribution in [2.24, 2.45) is 5.92 Å². The Bertz CT molecular complexity index is 494. The first-order chi connectivity index (χ1) is 7.45. The first-order valence-corrected chi connectivity index (χ1v) is 6.61. The third-order valence-electron chi connectivity index (χ3n) is 2.86. The van der Waals surface area contributed by atoms with E-state index >= 15 is 0 Å². The van der Waals surface area contributed by atoms with Gasteiger partial charge in [0.05, 0.1) is 6.61 Å². The molecule has 0 amide bonds. The topological polar surface area (TPSA) is 95.1 Å². The Hall–Kier alpha value is -0.920. The Labute approximate surface area is 94.1 Å². The molecule has 6 nitrogen and oxygen atoms in total. The number of aryl methyl sites for hydroxylation is 1. The van der Waals surface area contributed by atoms with E-state index in [9.17, 15) is 8.42 Å². The van der Waals surface area contributed by atoms with E-state index in [4.69, 9.17) is 5.11 Å². The highest BCUT2D eigenvalue weighted by atomic mass is 32.2. The van der Waals surface area contributed by atoms with Crippen LogP contribution in [-0.2, 0) is 16.6 Å². The van der Waals surface area contributed by atoms with Crippen LogP contribution in [0.1, 0.15) is 24.6 Å². The molecular weight excluding hydrogens is 230 g/mol. The van der Waals surface area contributed by atoms with Crippen LogP contribution in [0.15, 0.2) is 5.03 Å². The number of rotatable bonds is 4. The van der Waals surface area contributed by atoms with Crippen LogP contribution in [0, 0.1) is 12.8 Å². The van der Waals surface area contributed by atoms with Gasteiger partial charge in [0, 0.05) is 17.3 Å². The van der Waals surface area contributed by atoms with Crippen molar-refractivity contribution in [1.29, 1.82) is 0 Å². The summed E-state index contributed by atoms with van der Waals surface area (Å²) in [5, 5.41) is 15.3. The second-order valence-corrected chi connectivity index (χ2v) is 5.86. The number of H-pyrrole nitrogens is 1. The average Bonchev–Trinajstić information content (AvgIpc) is 2.74. The fourth-order valence-corrected chi connectivity index (χ4v) is 3.13. The number of nitrogens with zero attached hydrogens (tertiary/aromatic N) is 1. The molecule has 3 N–H and O–H groups in total. The van der Waals surface area contributed by atoms with Crippen LogP contribution in [0.2, 0.25) is 0 Å². The lowest BCUT2D eigenvalue weighted by Crippen LogP contribution is -2.28. The number of hydrogen-bond acceptors (Lipinski definition) is 4. The zero-order valence-corrected chi connectivity index (χ0v) is 10.0. The van der Waals surface area contributed by atoms with E-state index in [-0.39, 0.29) is 17.7 Å². The van der Waals surface area contributed by atoms with Crippen molar-refractivity contribution in [3.63, 3.8) is 0 Å². The number of hydrogen-bond donors (Lipinski definition) is 3. The maximum atomic E-state index is 11.9. The maximum absolute atomic E-state index is 11.9. The second kappa shape index (κ2) is 3.83. The standard InChI is InChI=1S/C9H15N3O3S/c1-5-3-8(5)12-16(14,15)9-7(4-13)6(2)10-11-9/h5,8,12-13H,3-4H2,1-2H3,(H,10,11). The highest BCUT2D eigenvalue weighted by Gasteiger charge is 2.37. The molecule has 1 aromatic rings. The molecule has 1 fully saturated rings. The number of aliphatic hydroxyl groups is 1. The van der Waals surface area contributed by atoms with E-state index in [1.165, 1.54) is 0 Å². The molecule has 7 heteroatoms. The number of aromatic nitrogens is 2. The number of nitrogens with one attached hydrogen (secondary N) is 2. The summed E-state index contributed by atoms with van der Waals surface area (Å²) in [6.07, 6.45) is 0.858. The zero-order chi connectivity index (χ0) is 11.9. The van der Waals surface area contributed by atoms with Gasteiger partial charge in [0.25, 0.3) is 10.0 Å². The van der Waals surface area contributed by atoms with Gasteiger partial charge in [-0.3, -0.25) is 5.10 Å². The molecule has 0 aromatic carbocycles. The molecule has 0 spiro atoms. The maximum Gasteiger partial charge on any atom is 0.260 e.